The number of ether oxygens (including phenoxy) is 1. The fourth-order valence-electron chi connectivity index (χ4n) is 4.86. The molecule has 0 radical (unpaired) electrons. The van der Waals surface area contributed by atoms with Gasteiger partial charge in [0, 0.05) is 24.1 Å². The highest BCUT2D eigenvalue weighted by atomic mass is 16.5. The first-order valence-corrected chi connectivity index (χ1v) is 10.4. The molecule has 1 aliphatic carbocycles. The van der Waals surface area contributed by atoms with Gasteiger partial charge in [-0.05, 0) is 36.6 Å². The Kier molecular flexibility index (Phi) is 4.62. The molecule has 2 aromatic carbocycles. The van der Waals surface area contributed by atoms with Gasteiger partial charge in [0.25, 0.3) is 0 Å². The molecule has 2 fully saturated rings. The molecule has 2 aliphatic heterocycles. The summed E-state index contributed by atoms with van der Waals surface area (Å²) in [4.78, 5) is 29.6. The Hall–Kier alpha value is -3.06. The summed E-state index contributed by atoms with van der Waals surface area (Å²) in [6.07, 6.45) is 1.83. The van der Waals surface area contributed by atoms with Crippen molar-refractivity contribution in [3.05, 3.63) is 54.1 Å². The predicted octanol–water partition coefficient (Wildman–Crippen LogP) is 2.81. The molecule has 0 unspecified atom stereocenters. The Morgan fingerprint density at radius 3 is 2.60 bits per heavy atom. The smallest absolute Gasteiger partial charge is 0.326 e. The van der Waals surface area contributed by atoms with Gasteiger partial charge in [-0.1, -0.05) is 30.3 Å². The van der Waals surface area contributed by atoms with E-state index in [1.807, 2.05) is 41.3 Å². The number of aliphatic hydroxyl groups excluding tert-OH is 1. The van der Waals surface area contributed by atoms with Crippen molar-refractivity contribution in [2.24, 2.45) is 5.92 Å². The second-order valence-electron chi connectivity index (χ2n) is 8.16. The van der Waals surface area contributed by atoms with Gasteiger partial charge in [-0.3, -0.25) is 9.69 Å². The van der Waals surface area contributed by atoms with E-state index in [4.69, 9.17) is 4.74 Å². The summed E-state index contributed by atoms with van der Waals surface area (Å²) in [7, 11) is 1.57. The number of fused-ring (bicyclic) bond motifs is 3. The number of hydrogen-bond acceptors (Lipinski definition) is 4. The van der Waals surface area contributed by atoms with E-state index in [0.29, 0.717) is 18.0 Å². The molecular weight excluding hydrogens is 382 g/mol. The number of carbonyl (C=O) groups is 2. The lowest BCUT2D eigenvalue weighted by Gasteiger charge is -2.59. The maximum absolute atomic E-state index is 13.3. The van der Waals surface area contributed by atoms with Crippen LogP contribution in [0.4, 0.5) is 16.2 Å². The van der Waals surface area contributed by atoms with Gasteiger partial charge in [0.15, 0.2) is 0 Å². The highest BCUT2D eigenvalue weighted by Crippen LogP contribution is 2.50. The molecule has 3 amide bonds. The van der Waals surface area contributed by atoms with Gasteiger partial charge in [-0.15, -0.1) is 0 Å². The van der Waals surface area contributed by atoms with E-state index in [0.717, 1.165) is 24.1 Å². The van der Waals surface area contributed by atoms with Gasteiger partial charge in [0.05, 0.1) is 31.5 Å². The Labute approximate surface area is 175 Å². The number of methoxy groups -OCH3 is 1. The lowest BCUT2D eigenvalue weighted by Crippen LogP contribution is -2.71. The third-order valence-electron chi connectivity index (χ3n) is 6.46. The number of likely N-dealkylation sites (tertiary alicyclic amines) is 1. The first-order chi connectivity index (χ1) is 14.6. The lowest BCUT2D eigenvalue weighted by atomic mass is 9.71. The Morgan fingerprint density at radius 1 is 1.13 bits per heavy atom. The van der Waals surface area contributed by atoms with Crippen LogP contribution in [0, 0.1) is 5.92 Å². The van der Waals surface area contributed by atoms with Crippen molar-refractivity contribution < 1.29 is 19.4 Å². The predicted molar refractivity (Wildman–Crippen MR) is 113 cm³/mol. The second kappa shape index (κ2) is 7.32. The van der Waals surface area contributed by atoms with Crippen LogP contribution in [0.25, 0.3) is 0 Å². The van der Waals surface area contributed by atoms with E-state index in [9.17, 15) is 14.7 Å². The summed E-state index contributed by atoms with van der Waals surface area (Å²) in [5, 5.41) is 12.9. The molecule has 30 heavy (non-hydrogen) atoms. The molecule has 2 N–H and O–H groups in total. The van der Waals surface area contributed by atoms with Crippen LogP contribution in [-0.2, 0) is 4.79 Å². The number of benzene rings is 2. The van der Waals surface area contributed by atoms with E-state index in [2.05, 4.69) is 5.32 Å². The minimum Gasteiger partial charge on any atom is -0.495 e. The van der Waals surface area contributed by atoms with Crippen molar-refractivity contribution in [3.63, 3.8) is 0 Å². The molecule has 156 valence electrons. The number of carbonyl (C=O) groups excluding carboxylic acids is 2. The van der Waals surface area contributed by atoms with Crippen LogP contribution in [-0.4, -0.2) is 54.3 Å². The number of nitrogens with one attached hydrogen (secondary N) is 1. The average molecular weight is 407 g/mol. The molecule has 3 aliphatic rings. The van der Waals surface area contributed by atoms with E-state index in [-0.39, 0.29) is 42.5 Å². The van der Waals surface area contributed by atoms with Crippen molar-refractivity contribution in [2.45, 2.75) is 30.8 Å². The monoisotopic (exact) mass is 407 g/mol. The number of aliphatic hydroxyl groups is 1. The quantitative estimate of drug-likeness (QED) is 0.817. The zero-order chi connectivity index (χ0) is 20.8. The second-order valence-corrected chi connectivity index (χ2v) is 8.16. The first-order valence-electron chi connectivity index (χ1n) is 10.4. The summed E-state index contributed by atoms with van der Waals surface area (Å²) >= 11 is 0. The van der Waals surface area contributed by atoms with Gasteiger partial charge in [0.1, 0.15) is 5.75 Å². The molecule has 5 rings (SSSR count). The Morgan fingerprint density at radius 2 is 1.87 bits per heavy atom. The minimum atomic E-state index is -0.267. The van der Waals surface area contributed by atoms with Gasteiger partial charge in [-0.2, -0.15) is 0 Å². The summed E-state index contributed by atoms with van der Waals surface area (Å²) in [6, 6.07) is 14.4. The molecule has 0 aromatic heterocycles. The minimum absolute atomic E-state index is 0.0456. The van der Waals surface area contributed by atoms with Crippen LogP contribution in [0.3, 0.4) is 0 Å². The van der Waals surface area contributed by atoms with Gasteiger partial charge in [0.2, 0.25) is 5.91 Å². The van der Waals surface area contributed by atoms with Crippen molar-refractivity contribution in [1.82, 2.24) is 4.90 Å². The first kappa shape index (κ1) is 18.9. The normalized spacial score (nSPS) is 24.4. The molecule has 7 heteroatoms. The van der Waals surface area contributed by atoms with Crippen LogP contribution >= 0.6 is 0 Å². The van der Waals surface area contributed by atoms with Crippen molar-refractivity contribution in [1.29, 1.82) is 0 Å². The van der Waals surface area contributed by atoms with Crippen molar-refractivity contribution in [3.8, 4) is 5.75 Å². The fraction of sp³-hybridized carbons (Fsp3) is 0.391. The van der Waals surface area contributed by atoms with E-state index in [1.54, 1.807) is 24.1 Å². The van der Waals surface area contributed by atoms with Crippen LogP contribution < -0.4 is 15.0 Å². The van der Waals surface area contributed by atoms with Gasteiger partial charge >= 0.3 is 6.03 Å². The number of hydrogen-bond donors (Lipinski definition) is 2. The highest BCUT2D eigenvalue weighted by Gasteiger charge is 2.57. The molecule has 0 spiro atoms. The zero-order valence-corrected chi connectivity index (χ0v) is 16.8. The average Bonchev–Trinajstić information content (AvgIpc) is 3.60. The fourth-order valence-corrected chi connectivity index (χ4v) is 4.86. The number of anilines is 2. The third-order valence-corrected chi connectivity index (χ3v) is 6.46. The molecule has 0 bridgehead atoms. The van der Waals surface area contributed by atoms with E-state index >= 15 is 0 Å². The highest BCUT2D eigenvalue weighted by molar-refractivity contribution is 6.04. The lowest BCUT2D eigenvalue weighted by molar-refractivity contribution is -0.151. The van der Waals surface area contributed by atoms with Gasteiger partial charge < -0.3 is 20.1 Å². The largest absolute Gasteiger partial charge is 0.495 e. The summed E-state index contributed by atoms with van der Waals surface area (Å²) < 4.78 is 5.35. The molecule has 2 aromatic rings. The number of rotatable bonds is 4. The topological polar surface area (TPSA) is 82.1 Å². The molecule has 1 saturated carbocycles. The molecular formula is C23H25N3O4. The van der Waals surface area contributed by atoms with E-state index in [1.165, 1.54) is 0 Å². The van der Waals surface area contributed by atoms with Crippen LogP contribution in [0.15, 0.2) is 48.5 Å². The van der Waals surface area contributed by atoms with Gasteiger partial charge in [-0.25, -0.2) is 4.79 Å². The summed E-state index contributed by atoms with van der Waals surface area (Å²) in [5.41, 5.74) is 2.42. The van der Waals surface area contributed by atoms with Crippen LogP contribution in [0.1, 0.15) is 24.3 Å². The maximum atomic E-state index is 13.3. The maximum Gasteiger partial charge on any atom is 0.326 e. The third kappa shape index (κ3) is 2.92. The number of nitrogens with zero attached hydrogens (tertiary/aromatic N) is 2. The standard InChI is InChI=1S/C23H25N3O4/c1-30-20-9-5-3-7-16(20)24-23(29)25-12-18-21(15-6-2-4-8-17(15)25)19(13-27)26(18)22(28)14-10-11-14/h2-9,14,18-19,21,27H,10-13H2,1H3,(H,24,29)/t18-,19-,21+/m0/s1. The number of para-hydroxylation sites is 3. The van der Waals surface area contributed by atoms with Crippen molar-refractivity contribution >= 4 is 23.3 Å². The van der Waals surface area contributed by atoms with Crippen LogP contribution in [0.2, 0.25) is 0 Å². The zero-order valence-electron chi connectivity index (χ0n) is 16.8. The van der Waals surface area contributed by atoms with E-state index < -0.39 is 0 Å². The number of amides is 3. The molecule has 3 atom stereocenters. The summed E-state index contributed by atoms with van der Waals surface area (Å²) in [5.74, 6) is 0.820. The Bertz CT molecular complexity index is 990. The Balaban J connectivity index is 1.46. The number of urea groups is 1. The summed E-state index contributed by atoms with van der Waals surface area (Å²) in [6.45, 7) is 0.332. The molecule has 7 nitrogen and oxygen atoms in total. The SMILES string of the molecule is COc1ccccc1NC(=O)N1C[C@H]2[C@@H](c3ccccc31)[C@H](CO)N2C(=O)C1CC1. The van der Waals surface area contributed by atoms with Crippen LogP contribution in [0.5, 0.6) is 5.75 Å². The van der Waals surface area contributed by atoms with Crippen molar-refractivity contribution in [2.75, 3.05) is 30.5 Å². The molecule has 2 heterocycles. The molecule has 1 saturated heterocycles.